The van der Waals surface area contributed by atoms with Gasteiger partial charge in [-0.05, 0) is 42.3 Å². The lowest BCUT2D eigenvalue weighted by molar-refractivity contribution is 0.0351. The molecule has 0 unspecified atom stereocenters. The van der Waals surface area contributed by atoms with Crippen LogP contribution in [0, 0.1) is 0 Å². The fourth-order valence-corrected chi connectivity index (χ4v) is 3.36. The molecule has 0 bridgehead atoms. The number of benzene rings is 2. The summed E-state index contributed by atoms with van der Waals surface area (Å²) in [5.41, 5.74) is 3.08. The number of hydrogen-bond acceptors (Lipinski definition) is 5. The third-order valence-corrected chi connectivity index (χ3v) is 4.69. The number of oxime groups is 1. The van der Waals surface area contributed by atoms with E-state index in [-0.39, 0.29) is 6.10 Å². The zero-order valence-electron chi connectivity index (χ0n) is 15.6. The van der Waals surface area contributed by atoms with Crippen LogP contribution in [0.3, 0.4) is 0 Å². The lowest BCUT2D eigenvalue weighted by Crippen LogP contribution is -2.37. The van der Waals surface area contributed by atoms with E-state index >= 15 is 0 Å². The van der Waals surface area contributed by atoms with E-state index in [1.807, 2.05) is 42.5 Å². The molecule has 0 saturated carbocycles. The van der Waals surface area contributed by atoms with E-state index in [1.165, 1.54) is 0 Å². The third-order valence-electron chi connectivity index (χ3n) is 4.44. The molecule has 2 aromatic rings. The maximum atomic E-state index is 9.88. The van der Waals surface area contributed by atoms with Crippen molar-refractivity contribution in [3.63, 3.8) is 0 Å². The van der Waals surface area contributed by atoms with Crippen molar-refractivity contribution < 1.29 is 14.7 Å². The average molecular weight is 389 g/mol. The lowest BCUT2D eigenvalue weighted by Gasteiger charge is -2.26. The maximum absolute atomic E-state index is 9.88. The van der Waals surface area contributed by atoms with Crippen LogP contribution < -0.4 is 4.74 Å². The summed E-state index contributed by atoms with van der Waals surface area (Å²) < 4.78 is 5.30. The zero-order chi connectivity index (χ0) is 19.2. The normalized spacial score (nSPS) is 17.5. The molecule has 5 nitrogen and oxygen atoms in total. The maximum Gasteiger partial charge on any atom is 0.145 e. The Kier molecular flexibility index (Phi) is 6.72. The number of nitrogens with zero attached hydrogens (tertiary/aromatic N) is 2. The first-order chi connectivity index (χ1) is 13.0. The van der Waals surface area contributed by atoms with Crippen LogP contribution in [0.4, 0.5) is 0 Å². The van der Waals surface area contributed by atoms with Gasteiger partial charge in [-0.1, -0.05) is 41.0 Å². The van der Waals surface area contributed by atoms with Crippen molar-refractivity contribution in [2.75, 3.05) is 20.2 Å². The minimum absolute atomic E-state index is 0.0416. The van der Waals surface area contributed by atoms with E-state index in [9.17, 15) is 5.11 Å². The van der Waals surface area contributed by atoms with Gasteiger partial charge in [0.15, 0.2) is 0 Å². The van der Waals surface area contributed by atoms with Crippen molar-refractivity contribution in [3.8, 4) is 5.75 Å². The largest absolute Gasteiger partial charge is 0.497 e. The summed E-state index contributed by atoms with van der Waals surface area (Å²) in [4.78, 5) is 7.84. The first-order valence-electron chi connectivity index (χ1n) is 9.05. The standard InChI is InChI=1S/C21H25ClN2O3/c1-15(25)12-24(13-16-4-3-5-19(10-16)26-2)14-20-11-21(23-27-20)17-6-8-18(22)9-7-17/h3-10,15,20,25H,11-14H2,1-2H3/t15-,20-/m0/s1. The highest BCUT2D eigenvalue weighted by Crippen LogP contribution is 2.21. The van der Waals surface area contributed by atoms with Gasteiger partial charge in [0, 0.05) is 31.1 Å². The van der Waals surface area contributed by atoms with Crippen molar-refractivity contribution in [2.45, 2.75) is 32.1 Å². The van der Waals surface area contributed by atoms with Crippen molar-refractivity contribution in [3.05, 3.63) is 64.7 Å². The number of aliphatic hydroxyl groups excluding tert-OH is 1. The Bertz CT molecular complexity index is 777. The van der Waals surface area contributed by atoms with Crippen LogP contribution in [0.25, 0.3) is 0 Å². The van der Waals surface area contributed by atoms with Crippen LogP contribution in [0.2, 0.25) is 5.02 Å². The molecule has 3 rings (SSSR count). The number of hydrogen-bond donors (Lipinski definition) is 1. The van der Waals surface area contributed by atoms with Gasteiger partial charge in [0.25, 0.3) is 0 Å². The molecule has 1 aliphatic rings. The highest BCUT2D eigenvalue weighted by Gasteiger charge is 2.25. The van der Waals surface area contributed by atoms with E-state index in [0.717, 1.165) is 29.0 Å². The van der Waals surface area contributed by atoms with E-state index < -0.39 is 6.10 Å². The van der Waals surface area contributed by atoms with Gasteiger partial charge >= 0.3 is 0 Å². The monoisotopic (exact) mass is 388 g/mol. The molecule has 0 spiro atoms. The summed E-state index contributed by atoms with van der Waals surface area (Å²) in [6, 6.07) is 15.6. The van der Waals surface area contributed by atoms with Gasteiger partial charge in [0.1, 0.15) is 11.9 Å². The molecule has 0 saturated heterocycles. The molecular weight excluding hydrogens is 364 g/mol. The molecule has 2 atom stereocenters. The predicted octanol–water partition coefficient (Wildman–Crippen LogP) is 3.72. The Hall–Kier alpha value is -2.08. The van der Waals surface area contributed by atoms with E-state index in [0.29, 0.717) is 24.7 Å². The number of rotatable bonds is 8. The molecule has 6 heteroatoms. The van der Waals surface area contributed by atoms with Gasteiger partial charge in [-0.3, -0.25) is 4.90 Å². The quantitative estimate of drug-likeness (QED) is 0.748. The molecule has 144 valence electrons. The first kappa shape index (κ1) is 19.7. The lowest BCUT2D eigenvalue weighted by atomic mass is 10.0. The second-order valence-corrected chi connectivity index (χ2v) is 7.31. The minimum atomic E-state index is -0.423. The van der Waals surface area contributed by atoms with E-state index in [4.69, 9.17) is 21.2 Å². The Morgan fingerprint density at radius 1 is 1.30 bits per heavy atom. The Balaban J connectivity index is 1.62. The molecule has 1 heterocycles. The summed E-state index contributed by atoms with van der Waals surface area (Å²) in [5.74, 6) is 0.829. The number of methoxy groups -OCH3 is 1. The van der Waals surface area contributed by atoms with Gasteiger partial charge in [-0.15, -0.1) is 0 Å². The highest BCUT2D eigenvalue weighted by atomic mass is 35.5. The van der Waals surface area contributed by atoms with Crippen LogP contribution in [0.15, 0.2) is 53.7 Å². The Morgan fingerprint density at radius 2 is 2.07 bits per heavy atom. The van der Waals surface area contributed by atoms with Crippen LogP contribution in [0.5, 0.6) is 5.75 Å². The summed E-state index contributed by atoms with van der Waals surface area (Å²) in [7, 11) is 1.66. The predicted molar refractivity (Wildman–Crippen MR) is 107 cm³/mol. The summed E-state index contributed by atoms with van der Waals surface area (Å²) in [5, 5.41) is 14.8. The van der Waals surface area contributed by atoms with Gasteiger partial charge in [-0.2, -0.15) is 0 Å². The van der Waals surface area contributed by atoms with Crippen molar-refractivity contribution >= 4 is 17.3 Å². The minimum Gasteiger partial charge on any atom is -0.497 e. The molecule has 0 radical (unpaired) electrons. The molecule has 1 aliphatic heterocycles. The SMILES string of the molecule is COc1cccc(CN(C[C@@H]2CC(c3ccc(Cl)cc3)=NO2)C[C@H](C)O)c1. The van der Waals surface area contributed by atoms with Crippen LogP contribution in [-0.4, -0.2) is 48.1 Å². The molecule has 0 aromatic heterocycles. The average Bonchev–Trinajstić information content (AvgIpc) is 3.10. The number of ether oxygens (including phenoxy) is 1. The van der Waals surface area contributed by atoms with Crippen molar-refractivity contribution in [1.29, 1.82) is 0 Å². The van der Waals surface area contributed by atoms with Crippen LogP contribution >= 0.6 is 11.6 Å². The summed E-state index contributed by atoms with van der Waals surface area (Å²) in [6.45, 7) is 3.75. The van der Waals surface area contributed by atoms with Gasteiger partial charge < -0.3 is 14.7 Å². The second kappa shape index (κ2) is 9.22. The van der Waals surface area contributed by atoms with E-state index in [1.54, 1.807) is 14.0 Å². The Morgan fingerprint density at radius 3 is 2.78 bits per heavy atom. The second-order valence-electron chi connectivity index (χ2n) is 6.87. The molecule has 0 aliphatic carbocycles. The molecular formula is C21H25ClN2O3. The Labute approximate surface area is 165 Å². The van der Waals surface area contributed by atoms with Gasteiger partial charge in [-0.25, -0.2) is 0 Å². The summed E-state index contributed by atoms with van der Waals surface area (Å²) in [6.07, 6.45) is 0.268. The van der Waals surface area contributed by atoms with Gasteiger partial charge in [0.2, 0.25) is 0 Å². The summed E-state index contributed by atoms with van der Waals surface area (Å²) >= 11 is 5.95. The third kappa shape index (κ3) is 5.70. The molecule has 0 amide bonds. The fraction of sp³-hybridized carbons (Fsp3) is 0.381. The smallest absolute Gasteiger partial charge is 0.145 e. The molecule has 0 fully saturated rings. The molecule has 2 aromatic carbocycles. The fourth-order valence-electron chi connectivity index (χ4n) is 3.23. The topological polar surface area (TPSA) is 54.3 Å². The van der Waals surface area contributed by atoms with Crippen LogP contribution in [0.1, 0.15) is 24.5 Å². The van der Waals surface area contributed by atoms with Crippen LogP contribution in [-0.2, 0) is 11.4 Å². The van der Waals surface area contributed by atoms with E-state index in [2.05, 4.69) is 16.1 Å². The van der Waals surface area contributed by atoms with Crippen molar-refractivity contribution in [2.24, 2.45) is 5.16 Å². The number of halogens is 1. The molecule has 27 heavy (non-hydrogen) atoms. The number of aliphatic hydroxyl groups is 1. The zero-order valence-corrected chi connectivity index (χ0v) is 16.4. The van der Waals surface area contributed by atoms with Crippen molar-refractivity contribution in [1.82, 2.24) is 4.90 Å². The van der Waals surface area contributed by atoms with Gasteiger partial charge in [0.05, 0.1) is 18.9 Å². The molecule has 1 N–H and O–H groups in total. The highest BCUT2D eigenvalue weighted by molar-refractivity contribution is 6.30. The first-order valence-corrected chi connectivity index (χ1v) is 9.43.